The molecule has 1 saturated heterocycles. The number of nitrogens with zero attached hydrogens (tertiary/aromatic N) is 1. The molecule has 0 radical (unpaired) electrons. The van der Waals surface area contributed by atoms with E-state index in [-0.39, 0.29) is 22.7 Å². The predicted octanol–water partition coefficient (Wildman–Crippen LogP) is 4.18. The fourth-order valence-electron chi connectivity index (χ4n) is 5.04. The summed E-state index contributed by atoms with van der Waals surface area (Å²) in [6, 6.07) is 0. The van der Waals surface area contributed by atoms with Crippen molar-refractivity contribution in [2.24, 2.45) is 10.8 Å². The molecule has 4 fully saturated rings. The number of unbranched alkanes of at least 4 members (excludes halogenated alkanes) is 2. The van der Waals surface area contributed by atoms with Gasteiger partial charge in [0, 0.05) is 26.3 Å². The topological polar surface area (TPSA) is 48.0 Å². The van der Waals surface area contributed by atoms with Crippen LogP contribution in [0.5, 0.6) is 0 Å². The van der Waals surface area contributed by atoms with E-state index in [2.05, 4.69) is 41.5 Å². The highest BCUT2D eigenvalue weighted by Gasteiger charge is 2.72. The molecule has 1 amide bonds. The van der Waals surface area contributed by atoms with E-state index in [1.165, 1.54) is 0 Å². The summed E-state index contributed by atoms with van der Waals surface area (Å²) in [5, 5.41) is 0. The number of hydrogen-bond donors (Lipinski definition) is 0. The van der Waals surface area contributed by atoms with E-state index < -0.39 is 0 Å². The Morgan fingerprint density at radius 3 is 2.11 bits per heavy atom. The quantitative estimate of drug-likeness (QED) is 0.521. The van der Waals surface area contributed by atoms with Crippen molar-refractivity contribution in [3.05, 3.63) is 0 Å². The van der Waals surface area contributed by atoms with Crippen LogP contribution >= 0.6 is 0 Å². The lowest BCUT2D eigenvalue weighted by molar-refractivity contribution is -0.241. The molecular weight excluding hydrogens is 354 g/mol. The molecule has 162 valence electrons. The Hall–Kier alpha value is -0.650. The maximum Gasteiger partial charge on any atom is 0.229 e. The van der Waals surface area contributed by atoms with E-state index in [9.17, 15) is 4.79 Å². The second-order valence-electron chi connectivity index (χ2n) is 11.4. The van der Waals surface area contributed by atoms with Crippen LogP contribution in [0.1, 0.15) is 80.1 Å². The summed E-state index contributed by atoms with van der Waals surface area (Å²) in [5.74, 6) is 0.363. The van der Waals surface area contributed by atoms with Gasteiger partial charge in [-0.25, -0.2) is 0 Å². The number of rotatable bonds is 10. The number of amides is 1. The molecule has 28 heavy (non-hydrogen) atoms. The molecule has 3 aliphatic carbocycles. The first-order valence-electron chi connectivity index (χ1n) is 11.1. The molecule has 0 aromatic heterocycles. The number of carbonyl (C=O) groups is 1. The van der Waals surface area contributed by atoms with Crippen molar-refractivity contribution in [3.8, 4) is 0 Å². The Morgan fingerprint density at radius 1 is 0.929 bits per heavy atom. The molecule has 0 aromatic rings. The second kappa shape index (κ2) is 7.88. The minimum absolute atomic E-state index is 0.0371. The van der Waals surface area contributed by atoms with Crippen LogP contribution in [0.3, 0.4) is 0 Å². The lowest BCUT2D eigenvalue weighted by Crippen LogP contribution is -2.72. The summed E-state index contributed by atoms with van der Waals surface area (Å²) >= 11 is 0. The fraction of sp³-hybridized carbons (Fsp3) is 0.957. The van der Waals surface area contributed by atoms with Crippen LogP contribution in [-0.2, 0) is 19.0 Å². The van der Waals surface area contributed by atoms with E-state index in [4.69, 9.17) is 14.2 Å². The molecule has 0 unspecified atom stereocenters. The van der Waals surface area contributed by atoms with Crippen molar-refractivity contribution in [3.63, 3.8) is 0 Å². The first-order valence-corrected chi connectivity index (χ1v) is 11.1. The van der Waals surface area contributed by atoms with Crippen LogP contribution < -0.4 is 0 Å². The smallest absolute Gasteiger partial charge is 0.229 e. The van der Waals surface area contributed by atoms with Crippen molar-refractivity contribution < 1.29 is 19.0 Å². The van der Waals surface area contributed by atoms with Crippen LogP contribution in [0.4, 0.5) is 0 Å². The first-order chi connectivity index (χ1) is 12.9. The molecule has 0 atom stereocenters. The average Bonchev–Trinajstić information content (AvgIpc) is 2.43. The lowest BCUT2D eigenvalue weighted by Gasteiger charge is -2.70. The van der Waals surface area contributed by atoms with Gasteiger partial charge in [0.1, 0.15) is 0 Å². The maximum atomic E-state index is 12.8. The molecule has 1 aliphatic heterocycles. The molecule has 4 rings (SSSR count). The molecule has 2 bridgehead atoms. The van der Waals surface area contributed by atoms with Crippen molar-refractivity contribution in [1.82, 2.24) is 4.90 Å². The summed E-state index contributed by atoms with van der Waals surface area (Å²) in [4.78, 5) is 14.8. The third kappa shape index (κ3) is 5.28. The molecule has 0 aromatic carbocycles. The number of likely N-dealkylation sites (tertiary alicyclic amines) is 1. The van der Waals surface area contributed by atoms with Crippen LogP contribution in [0.25, 0.3) is 0 Å². The zero-order chi connectivity index (χ0) is 20.6. The molecule has 0 N–H and O–H groups in total. The van der Waals surface area contributed by atoms with Gasteiger partial charge in [-0.1, -0.05) is 0 Å². The highest BCUT2D eigenvalue weighted by molar-refractivity contribution is 5.87. The molecule has 5 nitrogen and oxygen atoms in total. The number of carbonyl (C=O) groups excluding carboxylic acids is 1. The fourth-order valence-corrected chi connectivity index (χ4v) is 5.04. The van der Waals surface area contributed by atoms with Gasteiger partial charge in [-0.2, -0.15) is 0 Å². The average molecular weight is 396 g/mol. The summed E-state index contributed by atoms with van der Waals surface area (Å²) in [7, 11) is 0. The second-order valence-corrected chi connectivity index (χ2v) is 11.4. The summed E-state index contributed by atoms with van der Waals surface area (Å²) in [6.07, 6.45) is 6.63. The van der Waals surface area contributed by atoms with Crippen molar-refractivity contribution in [2.75, 3.05) is 32.9 Å². The normalized spacial score (nSPS) is 29.9. The van der Waals surface area contributed by atoms with Crippen LogP contribution in [0, 0.1) is 10.8 Å². The predicted molar refractivity (Wildman–Crippen MR) is 110 cm³/mol. The minimum atomic E-state index is -0.128. The van der Waals surface area contributed by atoms with Crippen LogP contribution in [0.2, 0.25) is 0 Å². The summed E-state index contributed by atoms with van der Waals surface area (Å²) in [6.45, 7) is 16.5. The zero-order valence-corrected chi connectivity index (χ0v) is 18.9. The molecular formula is C23H41NO4. The molecule has 0 spiro atoms. The Kier molecular flexibility index (Phi) is 6.21. The SMILES string of the molecule is CC(C)(C)OCCCCCOCC12CC(C(=O)N3CC(OC(C)(C)C)C3)(C1)C2. The Morgan fingerprint density at radius 2 is 1.54 bits per heavy atom. The van der Waals surface area contributed by atoms with E-state index in [0.717, 1.165) is 71.4 Å². The molecule has 3 saturated carbocycles. The van der Waals surface area contributed by atoms with Crippen LogP contribution in [-0.4, -0.2) is 61.0 Å². The number of ether oxygens (including phenoxy) is 3. The third-order valence-corrected chi connectivity index (χ3v) is 6.13. The van der Waals surface area contributed by atoms with Gasteiger partial charge in [0.25, 0.3) is 0 Å². The lowest BCUT2D eigenvalue weighted by atomic mass is 9.35. The summed E-state index contributed by atoms with van der Waals surface area (Å²) < 4.78 is 17.6. The van der Waals surface area contributed by atoms with E-state index in [1.807, 2.05) is 4.90 Å². The highest BCUT2D eigenvalue weighted by atomic mass is 16.5. The van der Waals surface area contributed by atoms with E-state index in [1.54, 1.807) is 0 Å². The Bertz CT molecular complexity index is 534. The van der Waals surface area contributed by atoms with E-state index in [0.29, 0.717) is 11.3 Å². The van der Waals surface area contributed by atoms with Gasteiger partial charge in [0.2, 0.25) is 5.91 Å². The Labute approximate surface area is 171 Å². The van der Waals surface area contributed by atoms with Crippen molar-refractivity contribution in [1.29, 1.82) is 0 Å². The standard InChI is InChI=1S/C23H41NO4/c1-20(2,3)27-11-9-7-8-10-26-17-22-14-23(15-22,16-22)19(25)24-12-18(13-24)28-21(4,5)6/h18H,7-17H2,1-6H3. The highest BCUT2D eigenvalue weighted by Crippen LogP contribution is 2.74. The van der Waals surface area contributed by atoms with Gasteiger partial charge in [0.15, 0.2) is 0 Å². The van der Waals surface area contributed by atoms with Gasteiger partial charge < -0.3 is 19.1 Å². The van der Waals surface area contributed by atoms with Gasteiger partial charge in [-0.15, -0.1) is 0 Å². The van der Waals surface area contributed by atoms with Gasteiger partial charge in [-0.05, 0) is 85.5 Å². The van der Waals surface area contributed by atoms with Crippen LogP contribution in [0.15, 0.2) is 0 Å². The largest absolute Gasteiger partial charge is 0.381 e. The Balaban J connectivity index is 1.22. The first kappa shape index (κ1) is 22.0. The van der Waals surface area contributed by atoms with Crippen molar-refractivity contribution in [2.45, 2.75) is 97.4 Å². The number of hydrogen-bond acceptors (Lipinski definition) is 4. The van der Waals surface area contributed by atoms with Crippen molar-refractivity contribution >= 4 is 5.91 Å². The summed E-state index contributed by atoms with van der Waals surface area (Å²) in [5.41, 5.74) is 0.0826. The third-order valence-electron chi connectivity index (χ3n) is 6.13. The molecule has 1 heterocycles. The van der Waals surface area contributed by atoms with Gasteiger partial charge >= 0.3 is 0 Å². The van der Waals surface area contributed by atoms with Gasteiger partial charge in [-0.3, -0.25) is 4.79 Å². The van der Waals surface area contributed by atoms with E-state index >= 15 is 0 Å². The minimum Gasteiger partial charge on any atom is -0.381 e. The maximum absolute atomic E-state index is 12.8. The monoisotopic (exact) mass is 395 g/mol. The zero-order valence-electron chi connectivity index (χ0n) is 18.9. The van der Waals surface area contributed by atoms with Gasteiger partial charge in [0.05, 0.1) is 29.3 Å². The molecule has 4 aliphatic rings. The molecule has 5 heteroatoms.